The SMILES string of the molecule is CC(CCc1ccc2c(c1)OCO2)NC(C)C(N)=O. The fourth-order valence-electron chi connectivity index (χ4n) is 2.07. The van der Waals surface area contributed by atoms with Crippen LogP contribution in [0.3, 0.4) is 0 Å². The van der Waals surface area contributed by atoms with Gasteiger partial charge in [-0.05, 0) is 44.4 Å². The first-order chi connectivity index (χ1) is 9.06. The highest BCUT2D eigenvalue weighted by Crippen LogP contribution is 2.32. The van der Waals surface area contributed by atoms with E-state index in [0.717, 1.165) is 24.3 Å². The molecule has 1 aliphatic rings. The zero-order valence-corrected chi connectivity index (χ0v) is 11.3. The van der Waals surface area contributed by atoms with Crippen LogP contribution in [0.25, 0.3) is 0 Å². The molecule has 1 amide bonds. The lowest BCUT2D eigenvalue weighted by molar-refractivity contribution is -0.119. The number of ether oxygens (including phenoxy) is 2. The molecule has 0 saturated carbocycles. The van der Waals surface area contributed by atoms with E-state index in [1.807, 2.05) is 25.1 Å². The third kappa shape index (κ3) is 3.61. The number of carbonyl (C=O) groups is 1. The molecule has 1 aromatic rings. The van der Waals surface area contributed by atoms with Gasteiger partial charge < -0.3 is 20.5 Å². The van der Waals surface area contributed by atoms with Gasteiger partial charge in [0.15, 0.2) is 11.5 Å². The topological polar surface area (TPSA) is 73.6 Å². The van der Waals surface area contributed by atoms with Crippen molar-refractivity contribution < 1.29 is 14.3 Å². The molecule has 0 radical (unpaired) electrons. The summed E-state index contributed by atoms with van der Waals surface area (Å²) in [7, 11) is 0. The van der Waals surface area contributed by atoms with Gasteiger partial charge in [0.2, 0.25) is 12.7 Å². The van der Waals surface area contributed by atoms with Gasteiger partial charge in [-0.15, -0.1) is 0 Å². The van der Waals surface area contributed by atoms with Gasteiger partial charge in [-0.2, -0.15) is 0 Å². The molecule has 1 aromatic carbocycles. The predicted octanol–water partition coefficient (Wildman–Crippen LogP) is 1.20. The van der Waals surface area contributed by atoms with Crippen LogP contribution < -0.4 is 20.5 Å². The van der Waals surface area contributed by atoms with E-state index in [2.05, 4.69) is 5.32 Å². The minimum atomic E-state index is -0.324. The summed E-state index contributed by atoms with van der Waals surface area (Å²) in [5.41, 5.74) is 6.42. The molecule has 0 saturated heterocycles. The van der Waals surface area contributed by atoms with Crippen LogP contribution in [0.15, 0.2) is 18.2 Å². The molecule has 0 spiro atoms. The van der Waals surface area contributed by atoms with E-state index in [4.69, 9.17) is 15.2 Å². The van der Waals surface area contributed by atoms with Crippen molar-refractivity contribution in [1.82, 2.24) is 5.32 Å². The molecule has 0 bridgehead atoms. The number of aryl methyl sites for hydroxylation is 1. The van der Waals surface area contributed by atoms with Gasteiger partial charge in [-0.1, -0.05) is 6.07 Å². The molecule has 2 rings (SSSR count). The van der Waals surface area contributed by atoms with Crippen LogP contribution >= 0.6 is 0 Å². The lowest BCUT2D eigenvalue weighted by Crippen LogP contribution is -2.43. The van der Waals surface area contributed by atoms with Crippen LogP contribution in [0.5, 0.6) is 11.5 Å². The number of carbonyl (C=O) groups excluding carboxylic acids is 1. The van der Waals surface area contributed by atoms with Gasteiger partial charge in [0.1, 0.15) is 0 Å². The Morgan fingerprint density at radius 2 is 2.11 bits per heavy atom. The largest absolute Gasteiger partial charge is 0.454 e. The second-order valence-electron chi connectivity index (χ2n) is 4.92. The molecular weight excluding hydrogens is 244 g/mol. The highest BCUT2D eigenvalue weighted by Gasteiger charge is 2.15. The molecule has 0 fully saturated rings. The summed E-state index contributed by atoms with van der Waals surface area (Å²) in [6.45, 7) is 4.12. The predicted molar refractivity (Wildman–Crippen MR) is 72.1 cm³/mol. The van der Waals surface area contributed by atoms with E-state index < -0.39 is 0 Å². The van der Waals surface area contributed by atoms with Crippen molar-refractivity contribution >= 4 is 5.91 Å². The van der Waals surface area contributed by atoms with Crippen LogP contribution in [0.1, 0.15) is 25.8 Å². The Bertz CT molecular complexity index is 462. The fraction of sp³-hybridized carbons (Fsp3) is 0.500. The van der Waals surface area contributed by atoms with Gasteiger partial charge in [0, 0.05) is 6.04 Å². The van der Waals surface area contributed by atoms with Crippen LogP contribution in [0, 0.1) is 0 Å². The van der Waals surface area contributed by atoms with Crippen molar-refractivity contribution in [2.75, 3.05) is 6.79 Å². The molecule has 104 valence electrons. The van der Waals surface area contributed by atoms with Crippen molar-refractivity contribution in [2.45, 2.75) is 38.8 Å². The Balaban J connectivity index is 1.83. The van der Waals surface area contributed by atoms with Crippen molar-refractivity contribution in [2.24, 2.45) is 5.73 Å². The minimum Gasteiger partial charge on any atom is -0.454 e. The highest BCUT2D eigenvalue weighted by atomic mass is 16.7. The van der Waals surface area contributed by atoms with Crippen LogP contribution in [-0.4, -0.2) is 24.8 Å². The minimum absolute atomic E-state index is 0.230. The standard InChI is InChI=1S/C14H20N2O3/c1-9(16-10(2)14(15)17)3-4-11-5-6-12-13(7-11)19-8-18-12/h5-7,9-10,16H,3-4,8H2,1-2H3,(H2,15,17). The number of amides is 1. The van der Waals surface area contributed by atoms with Crippen LogP contribution in [0.4, 0.5) is 0 Å². The maximum atomic E-state index is 11.0. The summed E-state index contributed by atoms with van der Waals surface area (Å²) in [5.74, 6) is 1.29. The first-order valence-electron chi connectivity index (χ1n) is 6.50. The first-order valence-corrected chi connectivity index (χ1v) is 6.50. The number of nitrogens with one attached hydrogen (secondary N) is 1. The molecule has 1 heterocycles. The quantitative estimate of drug-likeness (QED) is 0.809. The average molecular weight is 264 g/mol. The smallest absolute Gasteiger partial charge is 0.234 e. The van der Waals surface area contributed by atoms with Gasteiger partial charge in [-0.3, -0.25) is 4.79 Å². The van der Waals surface area contributed by atoms with E-state index in [1.165, 1.54) is 5.56 Å². The third-order valence-corrected chi connectivity index (χ3v) is 3.26. The first kappa shape index (κ1) is 13.7. The number of hydrogen-bond acceptors (Lipinski definition) is 4. The summed E-state index contributed by atoms with van der Waals surface area (Å²) < 4.78 is 10.6. The van der Waals surface area contributed by atoms with E-state index in [-0.39, 0.29) is 18.0 Å². The zero-order chi connectivity index (χ0) is 13.8. The summed E-state index contributed by atoms with van der Waals surface area (Å²) >= 11 is 0. The van der Waals surface area contributed by atoms with Crippen molar-refractivity contribution in [1.29, 1.82) is 0 Å². The second kappa shape index (κ2) is 5.93. The van der Waals surface area contributed by atoms with Crippen molar-refractivity contribution in [3.63, 3.8) is 0 Å². The molecule has 2 atom stereocenters. The van der Waals surface area contributed by atoms with E-state index >= 15 is 0 Å². The third-order valence-electron chi connectivity index (χ3n) is 3.26. The molecule has 2 unspecified atom stereocenters. The van der Waals surface area contributed by atoms with E-state index in [9.17, 15) is 4.79 Å². The lowest BCUT2D eigenvalue weighted by atomic mass is 10.0. The maximum absolute atomic E-state index is 11.0. The normalized spacial score (nSPS) is 16.1. The molecule has 0 aromatic heterocycles. The monoisotopic (exact) mass is 264 g/mol. The number of nitrogens with two attached hydrogens (primary N) is 1. The Labute approximate surface area is 113 Å². The summed E-state index contributed by atoms with van der Waals surface area (Å²) in [6, 6.07) is 5.91. The number of fused-ring (bicyclic) bond motifs is 1. The molecule has 5 heteroatoms. The average Bonchev–Trinajstić information content (AvgIpc) is 2.83. The molecule has 19 heavy (non-hydrogen) atoms. The van der Waals surface area contributed by atoms with Crippen molar-refractivity contribution in [3.8, 4) is 11.5 Å². The summed E-state index contributed by atoms with van der Waals surface area (Å²) in [6.07, 6.45) is 1.84. The second-order valence-corrected chi connectivity index (χ2v) is 4.92. The molecule has 5 nitrogen and oxygen atoms in total. The zero-order valence-electron chi connectivity index (χ0n) is 11.3. The molecule has 3 N–H and O–H groups in total. The number of benzene rings is 1. The molecular formula is C14H20N2O3. The number of primary amides is 1. The Kier molecular flexibility index (Phi) is 4.27. The Morgan fingerprint density at radius 3 is 2.84 bits per heavy atom. The van der Waals surface area contributed by atoms with E-state index in [1.54, 1.807) is 6.92 Å². The Morgan fingerprint density at radius 1 is 1.37 bits per heavy atom. The summed E-state index contributed by atoms with van der Waals surface area (Å²) in [5, 5.41) is 3.17. The van der Waals surface area contributed by atoms with Gasteiger partial charge in [0.05, 0.1) is 6.04 Å². The van der Waals surface area contributed by atoms with Gasteiger partial charge in [-0.25, -0.2) is 0 Å². The number of rotatable bonds is 6. The van der Waals surface area contributed by atoms with Crippen LogP contribution in [-0.2, 0) is 11.2 Å². The highest BCUT2D eigenvalue weighted by molar-refractivity contribution is 5.79. The van der Waals surface area contributed by atoms with Gasteiger partial charge >= 0.3 is 0 Å². The summed E-state index contributed by atoms with van der Waals surface area (Å²) in [4.78, 5) is 11.0. The molecule has 0 aliphatic carbocycles. The lowest BCUT2D eigenvalue weighted by Gasteiger charge is -2.17. The van der Waals surface area contributed by atoms with Crippen molar-refractivity contribution in [3.05, 3.63) is 23.8 Å². The fourth-order valence-corrected chi connectivity index (χ4v) is 2.07. The maximum Gasteiger partial charge on any atom is 0.234 e. The molecule has 1 aliphatic heterocycles. The van der Waals surface area contributed by atoms with E-state index in [0.29, 0.717) is 6.79 Å². The Hall–Kier alpha value is -1.75. The van der Waals surface area contributed by atoms with Gasteiger partial charge in [0.25, 0.3) is 0 Å². The number of hydrogen-bond donors (Lipinski definition) is 2. The van der Waals surface area contributed by atoms with Crippen LogP contribution in [0.2, 0.25) is 0 Å².